The minimum atomic E-state index is -0.422. The Labute approximate surface area is 170 Å². The molecule has 3 rings (SSSR count). The quantitative estimate of drug-likeness (QED) is 0.727. The second-order valence-electron chi connectivity index (χ2n) is 7.27. The normalized spacial score (nSPS) is 14.1. The molecule has 0 bridgehead atoms. The third-order valence-corrected chi connectivity index (χ3v) is 5.22. The van der Waals surface area contributed by atoms with E-state index in [0.29, 0.717) is 23.4 Å². The molecule has 0 spiro atoms. The molecule has 2 aromatic carbocycles. The number of anilines is 1. The number of ether oxygens (including phenoxy) is 1. The number of nitrogens with one attached hydrogen (secondary N) is 2. The van der Waals surface area contributed by atoms with Gasteiger partial charge in [0.25, 0.3) is 5.91 Å². The van der Waals surface area contributed by atoms with E-state index in [1.54, 1.807) is 36.4 Å². The van der Waals surface area contributed by atoms with Crippen LogP contribution in [0.2, 0.25) is 0 Å². The molecule has 1 fully saturated rings. The smallest absolute Gasteiger partial charge is 0.337 e. The van der Waals surface area contributed by atoms with Gasteiger partial charge in [0.15, 0.2) is 0 Å². The van der Waals surface area contributed by atoms with E-state index in [4.69, 9.17) is 0 Å². The van der Waals surface area contributed by atoms with Crippen LogP contribution in [0, 0.1) is 5.92 Å². The zero-order valence-corrected chi connectivity index (χ0v) is 16.6. The molecule has 2 N–H and O–H groups in total. The molecule has 1 aliphatic rings. The van der Waals surface area contributed by atoms with Gasteiger partial charge in [0.05, 0.1) is 12.7 Å². The van der Waals surface area contributed by atoms with Gasteiger partial charge in [-0.05, 0) is 54.8 Å². The van der Waals surface area contributed by atoms with Crippen molar-refractivity contribution in [2.24, 2.45) is 5.92 Å². The molecule has 0 aliphatic heterocycles. The zero-order valence-electron chi connectivity index (χ0n) is 16.6. The molecular formula is C23H26N2O4. The molecule has 0 unspecified atom stereocenters. The zero-order chi connectivity index (χ0) is 20.6. The Hall–Kier alpha value is -3.15. The average Bonchev–Trinajstić information content (AvgIpc) is 2.78. The average molecular weight is 394 g/mol. The van der Waals surface area contributed by atoms with Crippen LogP contribution in [0.3, 0.4) is 0 Å². The molecule has 0 atom stereocenters. The minimum absolute atomic E-state index is 0.127. The molecule has 2 aromatic rings. The van der Waals surface area contributed by atoms with Crippen molar-refractivity contribution in [3.05, 3.63) is 65.2 Å². The third kappa shape index (κ3) is 5.67. The lowest BCUT2D eigenvalue weighted by Crippen LogP contribution is -2.31. The summed E-state index contributed by atoms with van der Waals surface area (Å²) < 4.78 is 4.65. The van der Waals surface area contributed by atoms with Gasteiger partial charge >= 0.3 is 5.97 Å². The highest BCUT2D eigenvalue weighted by Crippen LogP contribution is 2.23. The van der Waals surface area contributed by atoms with E-state index in [9.17, 15) is 14.4 Å². The maximum absolute atomic E-state index is 12.4. The Morgan fingerprint density at radius 2 is 1.52 bits per heavy atom. The van der Waals surface area contributed by atoms with Crippen LogP contribution in [-0.2, 0) is 16.1 Å². The molecule has 0 saturated heterocycles. The van der Waals surface area contributed by atoms with Crippen LogP contribution in [-0.4, -0.2) is 24.9 Å². The molecule has 152 valence electrons. The molecular weight excluding hydrogens is 368 g/mol. The monoisotopic (exact) mass is 394 g/mol. The van der Waals surface area contributed by atoms with Crippen molar-refractivity contribution >= 4 is 23.5 Å². The summed E-state index contributed by atoms with van der Waals surface area (Å²) in [6.45, 7) is 0.465. The summed E-state index contributed by atoms with van der Waals surface area (Å²) in [7, 11) is 1.32. The number of carbonyl (C=O) groups excluding carboxylic acids is 3. The van der Waals surface area contributed by atoms with Crippen LogP contribution in [0.1, 0.15) is 58.4 Å². The lowest BCUT2D eigenvalue weighted by molar-refractivity contribution is -0.126. The number of benzene rings is 2. The van der Waals surface area contributed by atoms with Crippen molar-refractivity contribution in [2.45, 2.75) is 38.6 Å². The van der Waals surface area contributed by atoms with Gasteiger partial charge in [-0.25, -0.2) is 4.79 Å². The summed E-state index contributed by atoms with van der Waals surface area (Å²) >= 11 is 0. The molecule has 2 amide bonds. The number of carbonyl (C=O) groups is 3. The van der Waals surface area contributed by atoms with Crippen LogP contribution in [0.5, 0.6) is 0 Å². The molecule has 1 aliphatic carbocycles. The number of hydrogen-bond donors (Lipinski definition) is 2. The van der Waals surface area contributed by atoms with Crippen LogP contribution in [0.4, 0.5) is 5.69 Å². The van der Waals surface area contributed by atoms with Crippen LogP contribution >= 0.6 is 0 Å². The predicted molar refractivity (Wildman–Crippen MR) is 111 cm³/mol. The molecule has 1 saturated carbocycles. The molecule has 6 heteroatoms. The van der Waals surface area contributed by atoms with Crippen LogP contribution < -0.4 is 10.6 Å². The lowest BCUT2D eigenvalue weighted by Gasteiger charge is -2.20. The van der Waals surface area contributed by atoms with E-state index < -0.39 is 5.97 Å². The first-order valence-electron chi connectivity index (χ1n) is 9.93. The predicted octanol–water partition coefficient (Wildman–Crippen LogP) is 3.92. The van der Waals surface area contributed by atoms with Gasteiger partial charge in [0.2, 0.25) is 5.91 Å². The Balaban J connectivity index is 1.51. The van der Waals surface area contributed by atoms with E-state index in [0.717, 1.165) is 31.2 Å². The van der Waals surface area contributed by atoms with Crippen molar-refractivity contribution < 1.29 is 19.1 Å². The van der Waals surface area contributed by atoms with Crippen molar-refractivity contribution in [3.63, 3.8) is 0 Å². The first-order valence-corrected chi connectivity index (χ1v) is 9.93. The SMILES string of the molecule is COC(=O)c1ccc(NC(=O)c2ccc(CNC(=O)C3CCCCC3)cc2)cc1. The summed E-state index contributed by atoms with van der Waals surface area (Å²) in [5.74, 6) is -0.399. The number of rotatable bonds is 6. The molecule has 29 heavy (non-hydrogen) atoms. The van der Waals surface area contributed by atoms with Gasteiger partial charge in [-0.1, -0.05) is 31.4 Å². The molecule has 0 radical (unpaired) electrons. The highest BCUT2D eigenvalue weighted by Gasteiger charge is 2.20. The largest absolute Gasteiger partial charge is 0.465 e. The first-order chi connectivity index (χ1) is 14.1. The number of esters is 1. The summed E-state index contributed by atoms with van der Waals surface area (Å²) in [6, 6.07) is 13.7. The van der Waals surface area contributed by atoms with Gasteiger partial charge in [-0.3, -0.25) is 9.59 Å². The van der Waals surface area contributed by atoms with Gasteiger partial charge in [0.1, 0.15) is 0 Å². The van der Waals surface area contributed by atoms with E-state index in [1.165, 1.54) is 13.5 Å². The van der Waals surface area contributed by atoms with Crippen molar-refractivity contribution in [1.82, 2.24) is 5.32 Å². The fraction of sp³-hybridized carbons (Fsp3) is 0.348. The second-order valence-corrected chi connectivity index (χ2v) is 7.27. The summed E-state index contributed by atoms with van der Waals surface area (Å²) in [6.07, 6.45) is 5.44. The fourth-order valence-corrected chi connectivity index (χ4v) is 3.48. The summed E-state index contributed by atoms with van der Waals surface area (Å²) in [4.78, 5) is 36.1. The number of amides is 2. The van der Waals surface area contributed by atoms with Crippen molar-refractivity contribution in [2.75, 3.05) is 12.4 Å². The molecule has 0 aromatic heterocycles. The minimum Gasteiger partial charge on any atom is -0.465 e. The Kier molecular flexibility index (Phi) is 7.00. The molecule has 6 nitrogen and oxygen atoms in total. The van der Waals surface area contributed by atoms with Crippen LogP contribution in [0.25, 0.3) is 0 Å². The Morgan fingerprint density at radius 1 is 0.897 bits per heavy atom. The summed E-state index contributed by atoms with van der Waals surface area (Å²) in [5, 5.41) is 5.79. The Morgan fingerprint density at radius 3 is 2.14 bits per heavy atom. The van der Waals surface area contributed by atoms with Gasteiger partial charge < -0.3 is 15.4 Å². The highest BCUT2D eigenvalue weighted by atomic mass is 16.5. The second kappa shape index (κ2) is 9.87. The van der Waals surface area contributed by atoms with Gasteiger partial charge in [0, 0.05) is 23.7 Å². The third-order valence-electron chi connectivity index (χ3n) is 5.22. The number of hydrogen-bond acceptors (Lipinski definition) is 4. The lowest BCUT2D eigenvalue weighted by atomic mass is 9.88. The maximum atomic E-state index is 12.4. The van der Waals surface area contributed by atoms with Crippen molar-refractivity contribution in [1.29, 1.82) is 0 Å². The van der Waals surface area contributed by atoms with E-state index >= 15 is 0 Å². The summed E-state index contributed by atoms with van der Waals surface area (Å²) in [5.41, 5.74) is 2.48. The van der Waals surface area contributed by atoms with Crippen molar-refractivity contribution in [3.8, 4) is 0 Å². The maximum Gasteiger partial charge on any atom is 0.337 e. The first kappa shape index (κ1) is 20.6. The van der Waals surface area contributed by atoms with Gasteiger partial charge in [-0.2, -0.15) is 0 Å². The standard InChI is InChI=1S/C23H26N2O4/c1-29-23(28)19-11-13-20(14-12-19)25-22(27)18-9-7-16(8-10-18)15-24-21(26)17-5-3-2-4-6-17/h7-14,17H,2-6,15H2,1H3,(H,24,26)(H,25,27). The van der Waals surface area contributed by atoms with Crippen LogP contribution in [0.15, 0.2) is 48.5 Å². The fourth-order valence-electron chi connectivity index (χ4n) is 3.48. The topological polar surface area (TPSA) is 84.5 Å². The highest BCUT2D eigenvalue weighted by molar-refractivity contribution is 6.04. The van der Waals surface area contributed by atoms with E-state index in [1.807, 2.05) is 12.1 Å². The number of methoxy groups -OCH3 is 1. The Bertz CT molecular complexity index is 853. The molecule has 0 heterocycles. The van der Waals surface area contributed by atoms with Gasteiger partial charge in [-0.15, -0.1) is 0 Å². The van der Waals surface area contributed by atoms with E-state index in [-0.39, 0.29) is 17.7 Å². The van der Waals surface area contributed by atoms with E-state index in [2.05, 4.69) is 15.4 Å².